The van der Waals surface area contributed by atoms with Crippen LogP contribution in [0.4, 0.5) is 10.7 Å². The molecule has 10 heteroatoms. The Kier molecular flexibility index (Phi) is 5.69. The van der Waals surface area contributed by atoms with Crippen molar-refractivity contribution in [1.82, 2.24) is 15.4 Å². The zero-order valence-corrected chi connectivity index (χ0v) is 18.8. The second kappa shape index (κ2) is 8.34. The largest absolute Gasteiger partial charge is 0.454 e. The summed E-state index contributed by atoms with van der Waals surface area (Å²) in [6, 6.07) is 8.41. The predicted octanol–water partition coefficient (Wildman–Crippen LogP) is 2.24. The van der Waals surface area contributed by atoms with Gasteiger partial charge in [-0.1, -0.05) is 50.2 Å². The fourth-order valence-electron chi connectivity index (χ4n) is 4.14. The van der Waals surface area contributed by atoms with E-state index in [1.54, 1.807) is 6.07 Å². The fourth-order valence-corrected chi connectivity index (χ4v) is 4.14. The van der Waals surface area contributed by atoms with E-state index in [-0.39, 0.29) is 11.3 Å². The maximum Gasteiger partial charge on any atom is 0.326 e. The minimum absolute atomic E-state index is 0.132. The summed E-state index contributed by atoms with van der Waals surface area (Å²) in [4.78, 5) is 51.0. The number of rotatable bonds is 5. The molecule has 1 spiro atoms. The third kappa shape index (κ3) is 4.33. The lowest BCUT2D eigenvalue weighted by molar-refractivity contribution is -0.150. The monoisotopic (exact) mass is 454 g/mol. The van der Waals surface area contributed by atoms with Crippen molar-refractivity contribution in [3.05, 3.63) is 47.2 Å². The number of nitrogens with one attached hydrogen (secondary N) is 2. The summed E-state index contributed by atoms with van der Waals surface area (Å²) in [7, 11) is 0. The van der Waals surface area contributed by atoms with Crippen molar-refractivity contribution in [2.24, 2.45) is 0 Å². The average Bonchev–Trinajstić information content (AvgIpc) is 3.32. The molecule has 1 atom stereocenters. The highest BCUT2D eigenvalue weighted by Gasteiger charge is 2.54. The molecule has 1 aromatic heterocycles. The fraction of sp³-hybridized carbons (Fsp3) is 0.435. The molecule has 0 radical (unpaired) electrons. The molecule has 1 aliphatic carbocycles. The second-order valence-corrected chi connectivity index (χ2v) is 9.27. The van der Waals surface area contributed by atoms with Crippen LogP contribution in [0.15, 0.2) is 34.9 Å². The summed E-state index contributed by atoms with van der Waals surface area (Å²) in [5.41, 5.74) is 0.997. The van der Waals surface area contributed by atoms with Gasteiger partial charge >= 0.3 is 12.0 Å². The lowest BCUT2D eigenvalue weighted by Crippen LogP contribution is -2.46. The molecule has 10 nitrogen and oxygen atoms in total. The molecule has 2 heterocycles. The Hall–Kier alpha value is -3.69. The van der Waals surface area contributed by atoms with Crippen LogP contribution in [0.1, 0.15) is 50.4 Å². The van der Waals surface area contributed by atoms with Crippen LogP contribution in [0.5, 0.6) is 0 Å². The van der Waals surface area contributed by atoms with Crippen molar-refractivity contribution < 1.29 is 28.4 Å². The van der Waals surface area contributed by atoms with Crippen LogP contribution in [0.2, 0.25) is 0 Å². The highest BCUT2D eigenvalue weighted by atomic mass is 16.5. The van der Waals surface area contributed by atoms with Crippen molar-refractivity contribution in [3.63, 3.8) is 0 Å². The van der Waals surface area contributed by atoms with E-state index in [0.29, 0.717) is 12.1 Å². The topological polar surface area (TPSA) is 131 Å². The molecule has 2 N–H and O–H groups in total. The highest BCUT2D eigenvalue weighted by Crippen LogP contribution is 2.39. The van der Waals surface area contributed by atoms with Gasteiger partial charge in [0, 0.05) is 11.5 Å². The zero-order valence-electron chi connectivity index (χ0n) is 18.8. The maximum atomic E-state index is 13.2. The molecule has 1 aliphatic heterocycles. The second-order valence-electron chi connectivity index (χ2n) is 9.27. The van der Waals surface area contributed by atoms with Crippen molar-refractivity contribution in [2.45, 2.75) is 51.0 Å². The van der Waals surface area contributed by atoms with Gasteiger partial charge < -0.3 is 14.6 Å². The first-order chi connectivity index (χ1) is 15.6. The minimum atomic E-state index is -1.17. The maximum absolute atomic E-state index is 13.2. The normalized spacial score (nSPS) is 19.9. The number of ether oxygens (including phenoxy) is 1. The van der Waals surface area contributed by atoms with E-state index in [0.717, 1.165) is 28.9 Å². The van der Waals surface area contributed by atoms with Gasteiger partial charge in [-0.3, -0.25) is 24.6 Å². The van der Waals surface area contributed by atoms with E-state index < -0.39 is 42.5 Å². The molecule has 2 aromatic rings. The van der Waals surface area contributed by atoms with Crippen LogP contribution in [-0.2, 0) is 36.5 Å². The predicted molar refractivity (Wildman–Crippen MR) is 116 cm³/mol. The molecular formula is C23H26N4O6. The van der Waals surface area contributed by atoms with Gasteiger partial charge in [-0.25, -0.2) is 4.79 Å². The number of urea groups is 1. The lowest BCUT2D eigenvalue weighted by atomic mass is 9.76. The number of carbonyl (C=O) groups excluding carboxylic acids is 4. The van der Waals surface area contributed by atoms with Gasteiger partial charge in [0.15, 0.2) is 6.61 Å². The van der Waals surface area contributed by atoms with Crippen LogP contribution in [0, 0.1) is 0 Å². The standard InChI is InChI=1S/C23H26N4O6/c1-22(2,3)16-11-18(33-26-16)24-17(28)13-32-19(29)12-27-20(30)23(25-21(27)31)10-6-8-14-7-4-5-9-15(14)23/h4-5,7,9,11H,6,8,10,12-13H2,1-3H3,(H,24,28)(H,25,31). The van der Waals surface area contributed by atoms with Crippen molar-refractivity contribution in [3.8, 4) is 0 Å². The minimum Gasteiger partial charge on any atom is -0.454 e. The molecule has 1 saturated heterocycles. The van der Waals surface area contributed by atoms with Crippen molar-refractivity contribution in [1.29, 1.82) is 0 Å². The Labute approximate surface area is 190 Å². The first kappa shape index (κ1) is 22.5. The third-order valence-corrected chi connectivity index (χ3v) is 5.84. The number of aromatic nitrogens is 1. The van der Waals surface area contributed by atoms with Crippen LogP contribution < -0.4 is 10.6 Å². The molecule has 33 heavy (non-hydrogen) atoms. The summed E-state index contributed by atoms with van der Waals surface area (Å²) >= 11 is 0. The molecule has 1 fully saturated rings. The number of anilines is 1. The first-order valence-corrected chi connectivity index (χ1v) is 10.8. The number of carbonyl (C=O) groups is 4. The number of hydrogen-bond acceptors (Lipinski definition) is 7. The molecule has 0 bridgehead atoms. The molecule has 174 valence electrons. The number of aryl methyl sites for hydroxylation is 1. The summed E-state index contributed by atoms with van der Waals surface area (Å²) in [5, 5.41) is 9.12. The van der Waals surface area contributed by atoms with E-state index in [2.05, 4.69) is 15.8 Å². The average molecular weight is 454 g/mol. The van der Waals surface area contributed by atoms with Gasteiger partial charge in [-0.05, 0) is 30.4 Å². The van der Waals surface area contributed by atoms with Gasteiger partial charge in [-0.2, -0.15) is 0 Å². The molecule has 4 amide bonds. The lowest BCUT2D eigenvalue weighted by Gasteiger charge is -2.33. The van der Waals surface area contributed by atoms with E-state index in [1.165, 1.54) is 0 Å². The van der Waals surface area contributed by atoms with Crippen molar-refractivity contribution >= 4 is 29.7 Å². The number of benzene rings is 1. The highest BCUT2D eigenvalue weighted by molar-refractivity contribution is 6.09. The van der Waals surface area contributed by atoms with Gasteiger partial charge in [0.05, 0.1) is 5.69 Å². The summed E-state index contributed by atoms with van der Waals surface area (Å²) in [6.45, 7) is 4.67. The smallest absolute Gasteiger partial charge is 0.326 e. The summed E-state index contributed by atoms with van der Waals surface area (Å²) < 4.78 is 10.0. The Morgan fingerprint density at radius 2 is 2.03 bits per heavy atom. The number of esters is 1. The van der Waals surface area contributed by atoms with Crippen LogP contribution >= 0.6 is 0 Å². The summed E-state index contributed by atoms with van der Waals surface area (Å²) in [5.74, 6) is -1.86. The van der Waals surface area contributed by atoms with Crippen LogP contribution in [-0.4, -0.2) is 47.0 Å². The van der Waals surface area contributed by atoms with Crippen LogP contribution in [0.3, 0.4) is 0 Å². The molecule has 2 aliphatic rings. The molecular weight excluding hydrogens is 428 g/mol. The number of hydrogen-bond donors (Lipinski definition) is 2. The number of imide groups is 1. The van der Waals surface area contributed by atoms with Gasteiger partial charge in [0.2, 0.25) is 5.88 Å². The van der Waals surface area contributed by atoms with Gasteiger partial charge in [0.25, 0.3) is 11.8 Å². The molecule has 0 saturated carbocycles. The Morgan fingerprint density at radius 3 is 2.76 bits per heavy atom. The first-order valence-electron chi connectivity index (χ1n) is 10.8. The van der Waals surface area contributed by atoms with Crippen LogP contribution in [0.25, 0.3) is 0 Å². The summed E-state index contributed by atoms with van der Waals surface area (Å²) in [6.07, 6.45) is 2.01. The zero-order chi connectivity index (χ0) is 23.8. The number of amides is 4. The Bertz CT molecular complexity index is 1120. The quantitative estimate of drug-likeness (QED) is 0.523. The van der Waals surface area contributed by atoms with Gasteiger partial charge in [0.1, 0.15) is 12.1 Å². The van der Waals surface area contributed by atoms with Gasteiger partial charge in [-0.15, -0.1) is 0 Å². The molecule has 1 aromatic carbocycles. The third-order valence-electron chi connectivity index (χ3n) is 5.84. The van der Waals surface area contributed by atoms with E-state index >= 15 is 0 Å². The van der Waals surface area contributed by atoms with E-state index in [9.17, 15) is 19.2 Å². The SMILES string of the molecule is CC(C)(C)c1cc(NC(=O)COC(=O)CN2C(=O)NC3(CCCc4ccccc43)C2=O)on1. The molecule has 4 rings (SSSR count). The van der Waals surface area contributed by atoms with Crippen molar-refractivity contribution in [2.75, 3.05) is 18.5 Å². The van der Waals surface area contributed by atoms with E-state index in [4.69, 9.17) is 9.26 Å². The molecule has 1 unspecified atom stereocenters. The number of nitrogens with zero attached hydrogens (tertiary/aromatic N) is 2. The number of fused-ring (bicyclic) bond motifs is 2. The van der Waals surface area contributed by atoms with E-state index in [1.807, 2.05) is 45.0 Å². The Morgan fingerprint density at radius 1 is 1.27 bits per heavy atom. The Balaban J connectivity index is 1.35.